The lowest BCUT2D eigenvalue weighted by Gasteiger charge is -2.26. The van der Waals surface area contributed by atoms with Crippen LogP contribution in [0.4, 0.5) is 4.79 Å². The van der Waals surface area contributed by atoms with Gasteiger partial charge in [-0.3, -0.25) is 9.58 Å². The maximum absolute atomic E-state index is 12.1. The molecule has 2 atom stereocenters. The first-order chi connectivity index (χ1) is 9.78. The molecular weight excluding hydrogens is 274 g/mol. The van der Waals surface area contributed by atoms with Gasteiger partial charge in [0.1, 0.15) is 18.0 Å². The smallest absolute Gasteiger partial charge is 0.411 e. The number of aromatic nitrogens is 2. The number of hydrogen-bond donors (Lipinski definition) is 0. The molecule has 0 aliphatic carbocycles. The number of hydrogen-bond acceptors (Lipinski definition) is 5. The number of nitrogens with zero attached hydrogens (tertiary/aromatic N) is 3. The molecule has 1 aliphatic heterocycles. The van der Waals surface area contributed by atoms with E-state index in [4.69, 9.17) is 9.47 Å². The molecule has 2 heterocycles. The molecule has 0 spiro atoms. The van der Waals surface area contributed by atoms with Gasteiger partial charge < -0.3 is 14.3 Å². The SMILES string of the molecule is Cn1cc(O[C@@H]2C[C@@H](C=O)N(C(=O)OC(C)(C)C)C2)cn1. The van der Waals surface area contributed by atoms with Crippen LogP contribution in [-0.4, -0.2) is 51.4 Å². The van der Waals surface area contributed by atoms with Gasteiger partial charge in [-0.05, 0) is 20.8 Å². The van der Waals surface area contributed by atoms with Crippen molar-refractivity contribution in [1.82, 2.24) is 14.7 Å². The molecule has 1 amide bonds. The molecule has 1 aromatic rings. The summed E-state index contributed by atoms with van der Waals surface area (Å²) in [6.07, 6.45) is 3.83. The Labute approximate surface area is 123 Å². The third-order valence-corrected chi connectivity index (χ3v) is 3.07. The van der Waals surface area contributed by atoms with Gasteiger partial charge in [-0.1, -0.05) is 0 Å². The summed E-state index contributed by atoms with van der Waals surface area (Å²) in [5.74, 6) is 0.623. The monoisotopic (exact) mass is 295 g/mol. The Kier molecular flexibility index (Phi) is 4.20. The van der Waals surface area contributed by atoms with Gasteiger partial charge in [0.15, 0.2) is 5.75 Å². The molecule has 1 aliphatic rings. The normalized spacial score (nSPS) is 22.2. The van der Waals surface area contributed by atoms with Crippen molar-refractivity contribution in [2.45, 2.75) is 44.9 Å². The van der Waals surface area contributed by atoms with Crippen LogP contribution in [0.25, 0.3) is 0 Å². The molecule has 0 radical (unpaired) electrons. The van der Waals surface area contributed by atoms with E-state index in [1.54, 1.807) is 44.9 Å². The summed E-state index contributed by atoms with van der Waals surface area (Å²) in [5, 5.41) is 4.02. The van der Waals surface area contributed by atoms with Crippen molar-refractivity contribution in [2.24, 2.45) is 7.05 Å². The average Bonchev–Trinajstić information content (AvgIpc) is 2.94. The second-order valence-electron chi connectivity index (χ2n) is 6.16. The highest BCUT2D eigenvalue weighted by atomic mass is 16.6. The number of carbonyl (C=O) groups is 2. The van der Waals surface area contributed by atoms with Gasteiger partial charge in [0.05, 0.1) is 25.0 Å². The van der Waals surface area contributed by atoms with Crippen LogP contribution in [0.5, 0.6) is 5.75 Å². The number of aryl methyl sites for hydroxylation is 1. The van der Waals surface area contributed by atoms with Crippen LogP contribution in [0, 0.1) is 0 Å². The first kappa shape index (κ1) is 15.3. The topological polar surface area (TPSA) is 73.7 Å². The molecule has 21 heavy (non-hydrogen) atoms. The summed E-state index contributed by atoms with van der Waals surface area (Å²) in [4.78, 5) is 24.7. The van der Waals surface area contributed by atoms with E-state index in [0.29, 0.717) is 18.7 Å². The number of rotatable bonds is 3. The minimum absolute atomic E-state index is 0.239. The predicted molar refractivity (Wildman–Crippen MR) is 75.0 cm³/mol. The molecule has 116 valence electrons. The zero-order valence-corrected chi connectivity index (χ0v) is 12.8. The number of ether oxygens (including phenoxy) is 2. The van der Waals surface area contributed by atoms with E-state index in [-0.39, 0.29) is 6.10 Å². The van der Waals surface area contributed by atoms with Crippen LogP contribution in [0.3, 0.4) is 0 Å². The van der Waals surface area contributed by atoms with Crippen LogP contribution in [0.2, 0.25) is 0 Å². The van der Waals surface area contributed by atoms with Crippen molar-refractivity contribution < 1.29 is 19.1 Å². The fourth-order valence-corrected chi connectivity index (χ4v) is 2.22. The zero-order chi connectivity index (χ0) is 15.6. The van der Waals surface area contributed by atoms with Crippen molar-refractivity contribution in [3.05, 3.63) is 12.4 Å². The maximum Gasteiger partial charge on any atom is 0.411 e. The van der Waals surface area contributed by atoms with Crippen molar-refractivity contribution in [1.29, 1.82) is 0 Å². The summed E-state index contributed by atoms with van der Waals surface area (Å²) in [6.45, 7) is 5.70. The van der Waals surface area contributed by atoms with Crippen molar-refractivity contribution >= 4 is 12.4 Å². The van der Waals surface area contributed by atoms with Crippen LogP contribution in [0.15, 0.2) is 12.4 Å². The fraction of sp³-hybridized carbons (Fsp3) is 0.643. The van der Waals surface area contributed by atoms with Gasteiger partial charge in [-0.25, -0.2) is 4.79 Å². The van der Waals surface area contributed by atoms with Crippen LogP contribution in [0.1, 0.15) is 27.2 Å². The standard InChI is InChI=1S/C14H21N3O4/c1-14(2,3)21-13(19)17-8-11(5-10(17)9-18)20-12-6-15-16(4)7-12/h6-7,9-11H,5,8H2,1-4H3/t10-,11+/m0/s1. The highest BCUT2D eigenvalue weighted by Crippen LogP contribution is 2.23. The van der Waals surface area contributed by atoms with Crippen molar-refractivity contribution in [3.8, 4) is 5.75 Å². The van der Waals surface area contributed by atoms with Gasteiger partial charge >= 0.3 is 6.09 Å². The molecule has 0 saturated carbocycles. The van der Waals surface area contributed by atoms with E-state index in [9.17, 15) is 9.59 Å². The molecule has 0 N–H and O–H groups in total. The Morgan fingerprint density at radius 1 is 1.48 bits per heavy atom. The fourth-order valence-electron chi connectivity index (χ4n) is 2.22. The number of aldehydes is 1. The molecule has 7 heteroatoms. The number of likely N-dealkylation sites (tertiary alicyclic amines) is 1. The van der Waals surface area contributed by atoms with E-state index < -0.39 is 17.7 Å². The van der Waals surface area contributed by atoms with Gasteiger partial charge in [0, 0.05) is 13.5 Å². The quantitative estimate of drug-likeness (QED) is 0.788. The Hall–Kier alpha value is -2.05. The van der Waals surface area contributed by atoms with Gasteiger partial charge in [0.25, 0.3) is 0 Å². The third-order valence-electron chi connectivity index (χ3n) is 3.07. The van der Waals surface area contributed by atoms with Crippen LogP contribution in [-0.2, 0) is 16.6 Å². The Morgan fingerprint density at radius 3 is 2.71 bits per heavy atom. The lowest BCUT2D eigenvalue weighted by molar-refractivity contribution is -0.111. The largest absolute Gasteiger partial charge is 0.485 e. The molecule has 1 saturated heterocycles. The van der Waals surface area contributed by atoms with E-state index in [1.807, 2.05) is 0 Å². The Morgan fingerprint density at radius 2 is 2.19 bits per heavy atom. The molecule has 0 unspecified atom stereocenters. The van der Waals surface area contributed by atoms with Gasteiger partial charge in [-0.15, -0.1) is 0 Å². The first-order valence-electron chi connectivity index (χ1n) is 6.88. The Balaban J connectivity index is 2.00. The minimum Gasteiger partial charge on any atom is -0.485 e. The average molecular weight is 295 g/mol. The number of carbonyl (C=O) groups excluding carboxylic acids is 2. The summed E-state index contributed by atoms with van der Waals surface area (Å²) in [6, 6.07) is -0.512. The predicted octanol–water partition coefficient (Wildman–Crippen LogP) is 1.38. The molecule has 2 rings (SSSR count). The zero-order valence-electron chi connectivity index (χ0n) is 12.8. The van der Waals surface area contributed by atoms with E-state index in [0.717, 1.165) is 6.29 Å². The van der Waals surface area contributed by atoms with Crippen molar-refractivity contribution in [2.75, 3.05) is 6.54 Å². The van der Waals surface area contributed by atoms with Gasteiger partial charge in [-0.2, -0.15) is 5.10 Å². The molecule has 0 bridgehead atoms. The van der Waals surface area contributed by atoms with Gasteiger partial charge in [0.2, 0.25) is 0 Å². The summed E-state index contributed by atoms with van der Waals surface area (Å²) < 4.78 is 12.7. The maximum atomic E-state index is 12.1. The van der Waals surface area contributed by atoms with E-state index in [2.05, 4.69) is 5.10 Å². The molecule has 0 aromatic carbocycles. The lowest BCUT2D eigenvalue weighted by Crippen LogP contribution is -2.41. The second kappa shape index (κ2) is 5.75. The lowest BCUT2D eigenvalue weighted by atomic mass is 10.2. The van der Waals surface area contributed by atoms with Crippen LogP contribution >= 0.6 is 0 Å². The number of amides is 1. The molecule has 1 fully saturated rings. The van der Waals surface area contributed by atoms with Crippen LogP contribution < -0.4 is 4.74 Å². The molecule has 7 nitrogen and oxygen atoms in total. The molecular formula is C14H21N3O4. The van der Waals surface area contributed by atoms with Crippen molar-refractivity contribution in [3.63, 3.8) is 0 Å². The summed E-state index contributed by atoms with van der Waals surface area (Å²) in [7, 11) is 1.79. The first-order valence-corrected chi connectivity index (χ1v) is 6.88. The summed E-state index contributed by atoms with van der Waals surface area (Å²) in [5.41, 5.74) is -0.590. The highest BCUT2D eigenvalue weighted by molar-refractivity contribution is 5.74. The molecule has 1 aromatic heterocycles. The third kappa shape index (κ3) is 3.96. The minimum atomic E-state index is -0.590. The summed E-state index contributed by atoms with van der Waals surface area (Å²) >= 11 is 0. The highest BCUT2D eigenvalue weighted by Gasteiger charge is 2.38. The van der Waals surface area contributed by atoms with E-state index in [1.165, 1.54) is 4.90 Å². The Bertz CT molecular complexity index is 521. The van der Waals surface area contributed by atoms with E-state index >= 15 is 0 Å². The second-order valence-corrected chi connectivity index (χ2v) is 6.16.